The molecule has 4 rings (SSSR count). The predicted octanol–water partition coefficient (Wildman–Crippen LogP) is 4.70. The van der Waals surface area contributed by atoms with Crippen LogP contribution >= 0.6 is 34.5 Å². The first-order valence-corrected chi connectivity index (χ1v) is 13.6. The van der Waals surface area contributed by atoms with Crippen LogP contribution < -0.4 is 10.1 Å². The number of hydrogen-bond donors (Lipinski definition) is 1. The van der Waals surface area contributed by atoms with Crippen LogP contribution in [0.4, 0.5) is 5.13 Å². The maximum absolute atomic E-state index is 12.8. The number of nitrogens with zero attached hydrogens (tertiary/aromatic N) is 3. The van der Waals surface area contributed by atoms with E-state index < -0.39 is 10.0 Å². The van der Waals surface area contributed by atoms with Gasteiger partial charge in [-0.25, -0.2) is 12.7 Å². The highest BCUT2D eigenvalue weighted by Gasteiger charge is 2.32. The summed E-state index contributed by atoms with van der Waals surface area (Å²) in [6, 6.07) is 12.2. The molecule has 2 heterocycles. The van der Waals surface area contributed by atoms with E-state index in [1.54, 1.807) is 19.2 Å². The summed E-state index contributed by atoms with van der Waals surface area (Å²) in [5, 5.41) is 12.9. The Bertz CT molecular complexity index is 1270. The highest BCUT2D eigenvalue weighted by Crippen LogP contribution is 2.30. The molecule has 12 heteroatoms. The Morgan fingerprint density at radius 3 is 2.50 bits per heavy atom. The highest BCUT2D eigenvalue weighted by atomic mass is 35.5. The van der Waals surface area contributed by atoms with E-state index >= 15 is 0 Å². The Morgan fingerprint density at radius 1 is 1.15 bits per heavy atom. The summed E-state index contributed by atoms with van der Waals surface area (Å²) in [6.45, 7) is 0.525. The number of methoxy groups -OCH3 is 1. The number of benzene rings is 2. The zero-order valence-corrected chi connectivity index (χ0v) is 21.3. The lowest BCUT2D eigenvalue weighted by Gasteiger charge is -2.30. The van der Waals surface area contributed by atoms with Crippen molar-refractivity contribution >= 4 is 55.6 Å². The number of amides is 1. The van der Waals surface area contributed by atoms with Gasteiger partial charge >= 0.3 is 0 Å². The van der Waals surface area contributed by atoms with Crippen LogP contribution in [0.3, 0.4) is 0 Å². The predicted molar refractivity (Wildman–Crippen MR) is 134 cm³/mol. The largest absolute Gasteiger partial charge is 0.497 e. The highest BCUT2D eigenvalue weighted by molar-refractivity contribution is 7.88. The van der Waals surface area contributed by atoms with E-state index in [0.29, 0.717) is 38.6 Å². The third-order valence-electron chi connectivity index (χ3n) is 5.56. The number of anilines is 1. The lowest BCUT2D eigenvalue weighted by molar-refractivity contribution is -0.120. The van der Waals surface area contributed by atoms with Crippen molar-refractivity contribution in [3.8, 4) is 16.3 Å². The van der Waals surface area contributed by atoms with Crippen LogP contribution in [0, 0.1) is 5.92 Å². The minimum Gasteiger partial charge on any atom is -0.497 e. The van der Waals surface area contributed by atoms with Crippen LogP contribution in [0.15, 0.2) is 42.5 Å². The summed E-state index contributed by atoms with van der Waals surface area (Å²) in [6.07, 6.45) is 0.840. The van der Waals surface area contributed by atoms with Crippen LogP contribution in [0.5, 0.6) is 5.75 Å². The summed E-state index contributed by atoms with van der Waals surface area (Å²) in [4.78, 5) is 12.7. The smallest absolute Gasteiger partial charge is 0.229 e. The Hall–Kier alpha value is -2.24. The van der Waals surface area contributed by atoms with Crippen LogP contribution in [0.25, 0.3) is 10.6 Å². The molecule has 180 valence electrons. The van der Waals surface area contributed by atoms with Gasteiger partial charge in [0.25, 0.3) is 0 Å². The molecule has 1 N–H and O–H groups in total. The third kappa shape index (κ3) is 5.87. The monoisotopic (exact) mass is 540 g/mol. The molecule has 1 fully saturated rings. The molecular formula is C22H22Cl2N4O4S2. The standard InChI is InChI=1S/C22H22Cl2N4O4S2/c1-32-18-6-3-15(4-7-18)21-26-27-22(33-21)25-20(29)14-8-10-28(11-9-14)34(30,31)13-16-2-5-17(23)12-19(16)24/h2-7,12,14H,8-11,13H2,1H3,(H,25,27,29). The summed E-state index contributed by atoms with van der Waals surface area (Å²) < 4.78 is 32.3. The Kier molecular flexibility index (Phi) is 7.73. The molecule has 34 heavy (non-hydrogen) atoms. The van der Waals surface area contributed by atoms with Gasteiger partial charge in [0.05, 0.1) is 12.9 Å². The lowest BCUT2D eigenvalue weighted by atomic mass is 9.97. The number of sulfonamides is 1. The van der Waals surface area contributed by atoms with Crippen LogP contribution in [-0.4, -0.2) is 49.0 Å². The van der Waals surface area contributed by atoms with E-state index in [9.17, 15) is 13.2 Å². The van der Waals surface area contributed by atoms with Gasteiger partial charge < -0.3 is 10.1 Å². The van der Waals surface area contributed by atoms with E-state index in [0.717, 1.165) is 11.3 Å². The van der Waals surface area contributed by atoms with Gasteiger partial charge in [0.2, 0.25) is 21.1 Å². The number of carbonyl (C=O) groups is 1. The van der Waals surface area contributed by atoms with Crippen molar-refractivity contribution in [2.24, 2.45) is 5.92 Å². The second kappa shape index (κ2) is 10.6. The molecular weight excluding hydrogens is 519 g/mol. The van der Waals surface area contributed by atoms with E-state index in [2.05, 4.69) is 15.5 Å². The van der Waals surface area contributed by atoms with Crippen LogP contribution in [0.2, 0.25) is 10.0 Å². The molecule has 2 aromatic carbocycles. The fourth-order valence-electron chi connectivity index (χ4n) is 3.65. The molecule has 1 saturated heterocycles. The number of piperidine rings is 1. The van der Waals surface area contributed by atoms with Crippen molar-refractivity contribution in [2.45, 2.75) is 18.6 Å². The molecule has 0 spiro atoms. The zero-order chi connectivity index (χ0) is 24.3. The molecule has 0 radical (unpaired) electrons. The number of aromatic nitrogens is 2. The van der Waals surface area contributed by atoms with Crippen molar-refractivity contribution in [1.29, 1.82) is 0 Å². The van der Waals surface area contributed by atoms with Gasteiger partial charge in [-0.1, -0.05) is 40.6 Å². The average molecular weight is 541 g/mol. The molecule has 0 atom stereocenters. The van der Waals surface area contributed by atoms with Gasteiger partial charge in [-0.05, 0) is 54.8 Å². The van der Waals surface area contributed by atoms with E-state index in [1.165, 1.54) is 21.7 Å². The number of carbonyl (C=O) groups excluding carboxylic acids is 1. The minimum atomic E-state index is -3.57. The Balaban J connectivity index is 1.32. The number of halogens is 2. The maximum atomic E-state index is 12.8. The molecule has 0 unspecified atom stereocenters. The van der Waals surface area contributed by atoms with E-state index in [1.807, 2.05) is 24.3 Å². The van der Waals surface area contributed by atoms with Crippen LogP contribution in [0.1, 0.15) is 18.4 Å². The fraction of sp³-hybridized carbons (Fsp3) is 0.318. The molecule has 0 saturated carbocycles. The second-order valence-electron chi connectivity index (χ2n) is 7.80. The zero-order valence-electron chi connectivity index (χ0n) is 18.2. The first kappa shape index (κ1) is 24.9. The van der Waals surface area contributed by atoms with Crippen LogP contribution in [-0.2, 0) is 20.6 Å². The molecule has 0 aliphatic carbocycles. The van der Waals surface area contributed by atoms with Gasteiger partial charge in [-0.3, -0.25) is 4.79 Å². The molecule has 1 aromatic heterocycles. The number of rotatable bonds is 7. The van der Waals surface area contributed by atoms with Gasteiger partial charge in [-0.2, -0.15) is 0 Å². The molecule has 1 aliphatic heterocycles. The third-order valence-corrected chi connectivity index (χ3v) is 8.87. The van der Waals surface area contributed by atoms with Crippen molar-refractivity contribution in [2.75, 3.05) is 25.5 Å². The average Bonchev–Trinajstić information content (AvgIpc) is 3.29. The Labute approximate surface area is 211 Å². The number of ether oxygens (including phenoxy) is 1. The normalized spacial score (nSPS) is 15.3. The summed E-state index contributed by atoms with van der Waals surface area (Å²) in [7, 11) is -1.97. The lowest BCUT2D eigenvalue weighted by Crippen LogP contribution is -2.41. The van der Waals surface area contributed by atoms with Gasteiger partial charge in [0, 0.05) is 34.6 Å². The quantitative estimate of drug-likeness (QED) is 0.465. The molecule has 1 aliphatic rings. The first-order valence-electron chi connectivity index (χ1n) is 10.5. The Morgan fingerprint density at radius 2 is 1.85 bits per heavy atom. The first-order chi connectivity index (χ1) is 16.2. The SMILES string of the molecule is COc1ccc(-c2nnc(NC(=O)C3CCN(S(=O)(=O)Cc4ccc(Cl)cc4Cl)CC3)s2)cc1. The minimum absolute atomic E-state index is 0.185. The van der Waals surface area contributed by atoms with E-state index in [4.69, 9.17) is 27.9 Å². The maximum Gasteiger partial charge on any atom is 0.229 e. The molecule has 8 nitrogen and oxygen atoms in total. The number of hydrogen-bond acceptors (Lipinski definition) is 7. The van der Waals surface area contributed by atoms with Gasteiger partial charge in [0.15, 0.2) is 0 Å². The molecule has 1 amide bonds. The fourth-order valence-corrected chi connectivity index (χ4v) is 6.56. The van der Waals surface area contributed by atoms with E-state index in [-0.39, 0.29) is 30.7 Å². The van der Waals surface area contributed by atoms with Crippen molar-refractivity contribution in [3.05, 3.63) is 58.1 Å². The molecule has 0 bridgehead atoms. The van der Waals surface area contributed by atoms with Gasteiger partial charge in [0.1, 0.15) is 10.8 Å². The summed E-state index contributed by atoms with van der Waals surface area (Å²) >= 11 is 13.3. The van der Waals surface area contributed by atoms with Crippen molar-refractivity contribution in [3.63, 3.8) is 0 Å². The number of nitrogens with one attached hydrogen (secondary N) is 1. The van der Waals surface area contributed by atoms with Gasteiger partial charge in [-0.15, -0.1) is 10.2 Å². The topological polar surface area (TPSA) is 101 Å². The summed E-state index contributed by atoms with van der Waals surface area (Å²) in [5.74, 6) is 0.0410. The second-order valence-corrected chi connectivity index (χ2v) is 11.6. The van der Waals surface area contributed by atoms with Crippen molar-refractivity contribution < 1.29 is 17.9 Å². The van der Waals surface area contributed by atoms with Crippen molar-refractivity contribution in [1.82, 2.24) is 14.5 Å². The molecule has 3 aromatic rings. The summed E-state index contributed by atoms with van der Waals surface area (Å²) in [5.41, 5.74) is 1.37.